The molecule has 1 rings (SSSR count). The molecule has 0 spiro atoms. The second-order valence-electron chi connectivity index (χ2n) is 3.36. The maximum atomic E-state index is 11.5. The molecular weight excluding hydrogens is 166 g/mol. The van der Waals surface area contributed by atoms with Crippen LogP contribution in [0.3, 0.4) is 0 Å². The molecule has 4 heteroatoms. The number of aromatic nitrogens is 2. The summed E-state index contributed by atoms with van der Waals surface area (Å²) < 4.78 is 1.77. The summed E-state index contributed by atoms with van der Waals surface area (Å²) in [5.41, 5.74) is 0. The van der Waals surface area contributed by atoms with E-state index in [-0.39, 0.29) is 11.8 Å². The fourth-order valence-electron chi connectivity index (χ4n) is 1.21. The van der Waals surface area contributed by atoms with Crippen molar-refractivity contribution in [1.29, 1.82) is 0 Å². The second kappa shape index (κ2) is 4.07. The van der Waals surface area contributed by atoms with Gasteiger partial charge in [-0.3, -0.25) is 9.48 Å². The molecule has 0 N–H and O–H groups in total. The third-order valence-electron chi connectivity index (χ3n) is 1.88. The number of hydrogen-bond acceptors (Lipinski definition) is 2. The lowest BCUT2D eigenvalue weighted by atomic mass is 10.1. The topological polar surface area (TPSA) is 38.1 Å². The second-order valence-corrected chi connectivity index (χ2v) is 3.36. The standard InChI is InChI=1S/C9H15N3O/c1-8(9(13)11(2)3)7-12-6-4-5-10-12/h4-6,8H,7H2,1-3H3. The Balaban J connectivity index is 2.51. The summed E-state index contributed by atoms with van der Waals surface area (Å²) in [6.07, 6.45) is 3.58. The largest absolute Gasteiger partial charge is 0.349 e. The lowest BCUT2D eigenvalue weighted by molar-refractivity contribution is -0.132. The number of nitrogens with zero attached hydrogens (tertiary/aromatic N) is 3. The van der Waals surface area contributed by atoms with Crippen molar-refractivity contribution in [1.82, 2.24) is 14.7 Å². The first kappa shape index (κ1) is 9.77. The van der Waals surface area contributed by atoms with E-state index in [0.29, 0.717) is 6.54 Å². The van der Waals surface area contributed by atoms with Crippen molar-refractivity contribution in [3.63, 3.8) is 0 Å². The van der Waals surface area contributed by atoms with E-state index < -0.39 is 0 Å². The molecule has 4 nitrogen and oxygen atoms in total. The molecule has 0 aliphatic rings. The fourth-order valence-corrected chi connectivity index (χ4v) is 1.21. The molecule has 0 bridgehead atoms. The van der Waals surface area contributed by atoms with Gasteiger partial charge >= 0.3 is 0 Å². The van der Waals surface area contributed by atoms with Gasteiger partial charge in [-0.15, -0.1) is 0 Å². The van der Waals surface area contributed by atoms with Gasteiger partial charge in [-0.1, -0.05) is 6.92 Å². The van der Waals surface area contributed by atoms with E-state index >= 15 is 0 Å². The van der Waals surface area contributed by atoms with Crippen molar-refractivity contribution >= 4 is 5.91 Å². The first-order valence-corrected chi connectivity index (χ1v) is 4.30. The smallest absolute Gasteiger partial charge is 0.226 e. The minimum absolute atomic E-state index is 0.0186. The third kappa shape index (κ3) is 2.57. The van der Waals surface area contributed by atoms with Gasteiger partial charge in [-0.25, -0.2) is 0 Å². The lowest BCUT2D eigenvalue weighted by Gasteiger charge is -2.16. The SMILES string of the molecule is CC(Cn1cccn1)C(=O)N(C)C. The Kier molecular flexibility index (Phi) is 3.06. The summed E-state index contributed by atoms with van der Waals surface area (Å²) in [5, 5.41) is 4.04. The maximum absolute atomic E-state index is 11.5. The van der Waals surface area contributed by atoms with Gasteiger partial charge in [-0.05, 0) is 6.07 Å². The molecular formula is C9H15N3O. The molecule has 1 atom stereocenters. The summed E-state index contributed by atoms with van der Waals surface area (Å²) in [5.74, 6) is 0.116. The van der Waals surface area contributed by atoms with Gasteiger partial charge in [0.2, 0.25) is 5.91 Å². The van der Waals surface area contributed by atoms with Crippen molar-refractivity contribution in [3.8, 4) is 0 Å². The van der Waals surface area contributed by atoms with E-state index in [1.807, 2.05) is 19.2 Å². The number of hydrogen-bond donors (Lipinski definition) is 0. The molecule has 0 aliphatic carbocycles. The highest BCUT2D eigenvalue weighted by Crippen LogP contribution is 2.02. The minimum Gasteiger partial charge on any atom is -0.349 e. The Morgan fingerprint density at radius 2 is 2.31 bits per heavy atom. The zero-order valence-electron chi connectivity index (χ0n) is 8.27. The van der Waals surface area contributed by atoms with Crippen molar-refractivity contribution in [2.45, 2.75) is 13.5 Å². The molecule has 0 aliphatic heterocycles. The van der Waals surface area contributed by atoms with Crippen LogP contribution in [-0.4, -0.2) is 34.7 Å². The van der Waals surface area contributed by atoms with E-state index in [0.717, 1.165) is 0 Å². The summed E-state index contributed by atoms with van der Waals surface area (Å²) in [7, 11) is 3.53. The molecule has 0 saturated heterocycles. The Morgan fingerprint density at radius 1 is 1.62 bits per heavy atom. The van der Waals surface area contributed by atoms with Crippen LogP contribution in [0, 0.1) is 5.92 Å². The molecule has 1 aromatic rings. The van der Waals surface area contributed by atoms with Gasteiger partial charge in [0.05, 0.1) is 12.5 Å². The third-order valence-corrected chi connectivity index (χ3v) is 1.88. The van der Waals surface area contributed by atoms with Gasteiger partial charge in [0.15, 0.2) is 0 Å². The number of carbonyl (C=O) groups is 1. The highest BCUT2D eigenvalue weighted by atomic mass is 16.2. The first-order chi connectivity index (χ1) is 6.11. The average molecular weight is 181 g/mol. The van der Waals surface area contributed by atoms with Crippen LogP contribution >= 0.6 is 0 Å². The quantitative estimate of drug-likeness (QED) is 0.685. The van der Waals surface area contributed by atoms with Crippen molar-refractivity contribution < 1.29 is 4.79 Å². The molecule has 0 fully saturated rings. The normalized spacial score (nSPS) is 12.5. The molecule has 1 aromatic heterocycles. The Labute approximate surface area is 78.1 Å². The monoisotopic (exact) mass is 181 g/mol. The minimum atomic E-state index is -0.0186. The van der Waals surface area contributed by atoms with Gasteiger partial charge in [0.25, 0.3) is 0 Å². The van der Waals surface area contributed by atoms with Crippen LogP contribution < -0.4 is 0 Å². The van der Waals surface area contributed by atoms with Crippen molar-refractivity contribution in [2.24, 2.45) is 5.92 Å². The van der Waals surface area contributed by atoms with Crippen LogP contribution in [-0.2, 0) is 11.3 Å². The number of carbonyl (C=O) groups excluding carboxylic acids is 1. The molecule has 1 amide bonds. The molecule has 0 saturated carbocycles. The maximum Gasteiger partial charge on any atom is 0.226 e. The van der Waals surface area contributed by atoms with Crippen LogP contribution in [0.1, 0.15) is 6.92 Å². The Bertz CT molecular complexity index is 266. The van der Waals surface area contributed by atoms with Crippen LogP contribution in [0.25, 0.3) is 0 Å². The zero-order chi connectivity index (χ0) is 9.84. The van der Waals surface area contributed by atoms with Gasteiger partial charge in [0, 0.05) is 26.5 Å². The summed E-state index contributed by atoms with van der Waals surface area (Å²) in [6.45, 7) is 2.55. The Morgan fingerprint density at radius 3 is 2.77 bits per heavy atom. The molecule has 1 heterocycles. The highest BCUT2D eigenvalue weighted by molar-refractivity contribution is 5.77. The van der Waals surface area contributed by atoms with Crippen molar-refractivity contribution in [2.75, 3.05) is 14.1 Å². The van der Waals surface area contributed by atoms with Crippen molar-refractivity contribution in [3.05, 3.63) is 18.5 Å². The van der Waals surface area contributed by atoms with E-state index in [4.69, 9.17) is 0 Å². The number of rotatable bonds is 3. The number of amides is 1. The first-order valence-electron chi connectivity index (χ1n) is 4.30. The van der Waals surface area contributed by atoms with E-state index in [2.05, 4.69) is 5.10 Å². The molecule has 0 radical (unpaired) electrons. The van der Waals surface area contributed by atoms with E-state index in [1.165, 1.54) is 0 Å². The van der Waals surface area contributed by atoms with Crippen LogP contribution in [0.2, 0.25) is 0 Å². The molecule has 13 heavy (non-hydrogen) atoms. The van der Waals surface area contributed by atoms with Crippen LogP contribution in [0.15, 0.2) is 18.5 Å². The predicted octanol–water partition coefficient (Wildman–Crippen LogP) is 0.607. The van der Waals surface area contributed by atoms with Gasteiger partial charge in [0.1, 0.15) is 0 Å². The molecule has 0 aromatic carbocycles. The summed E-state index contributed by atoms with van der Waals surface area (Å²) >= 11 is 0. The van der Waals surface area contributed by atoms with E-state index in [1.54, 1.807) is 29.9 Å². The molecule has 72 valence electrons. The molecule has 1 unspecified atom stereocenters. The van der Waals surface area contributed by atoms with Gasteiger partial charge < -0.3 is 4.90 Å². The summed E-state index contributed by atoms with van der Waals surface area (Å²) in [4.78, 5) is 13.1. The zero-order valence-corrected chi connectivity index (χ0v) is 8.27. The predicted molar refractivity (Wildman–Crippen MR) is 50.1 cm³/mol. The lowest BCUT2D eigenvalue weighted by Crippen LogP contribution is -2.30. The van der Waals surface area contributed by atoms with Gasteiger partial charge in [-0.2, -0.15) is 5.10 Å². The Hall–Kier alpha value is -1.32. The average Bonchev–Trinajstić information content (AvgIpc) is 2.55. The summed E-state index contributed by atoms with van der Waals surface area (Å²) in [6, 6.07) is 1.85. The fraction of sp³-hybridized carbons (Fsp3) is 0.556. The van der Waals surface area contributed by atoms with Crippen LogP contribution in [0.4, 0.5) is 0 Å². The highest BCUT2D eigenvalue weighted by Gasteiger charge is 2.14. The van der Waals surface area contributed by atoms with Crippen LogP contribution in [0.5, 0.6) is 0 Å². The van der Waals surface area contributed by atoms with E-state index in [9.17, 15) is 4.79 Å².